The molecular weight excluding hydrogens is 466 g/mol. The van der Waals surface area contributed by atoms with Crippen molar-refractivity contribution in [1.82, 2.24) is 24.5 Å². The Morgan fingerprint density at radius 2 is 1.91 bits per heavy atom. The van der Waals surface area contributed by atoms with Crippen LogP contribution in [0.5, 0.6) is 0 Å². The highest BCUT2D eigenvalue weighted by atomic mass is 32.2. The normalized spacial score (nSPS) is 16.4. The average Bonchev–Trinajstić information content (AvgIpc) is 3.54. The third-order valence-corrected chi connectivity index (χ3v) is 9.14. The van der Waals surface area contributed by atoms with Gasteiger partial charge in [-0.05, 0) is 56.7 Å². The Bertz CT molecular complexity index is 1440. The second-order valence-corrected chi connectivity index (χ2v) is 11.3. The van der Waals surface area contributed by atoms with Gasteiger partial charge in [-0.3, -0.25) is 9.59 Å². The van der Waals surface area contributed by atoms with Crippen molar-refractivity contribution in [3.8, 4) is 5.69 Å². The van der Waals surface area contributed by atoms with Gasteiger partial charge in [0, 0.05) is 10.9 Å². The first-order chi connectivity index (χ1) is 16.6. The minimum atomic E-state index is -0.0373. The van der Waals surface area contributed by atoms with Crippen LogP contribution in [0.3, 0.4) is 0 Å². The van der Waals surface area contributed by atoms with Gasteiger partial charge in [0.15, 0.2) is 5.16 Å². The number of hydrogen-bond acceptors (Lipinski definition) is 6. The molecule has 1 amide bonds. The lowest BCUT2D eigenvalue weighted by molar-refractivity contribution is -0.119. The van der Waals surface area contributed by atoms with Gasteiger partial charge in [-0.15, -0.1) is 21.5 Å². The predicted octanol–water partition coefficient (Wildman–Crippen LogP) is 4.43. The van der Waals surface area contributed by atoms with Crippen LogP contribution in [-0.4, -0.2) is 36.9 Å². The molecule has 7 nitrogen and oxygen atoms in total. The summed E-state index contributed by atoms with van der Waals surface area (Å²) in [6.45, 7) is 2.03. The van der Waals surface area contributed by atoms with E-state index in [9.17, 15) is 9.59 Å². The number of carbonyl (C=O) groups excluding carboxylic acids is 1. The fraction of sp³-hybridized carbons (Fsp3) is 0.440. The lowest BCUT2D eigenvalue weighted by atomic mass is 9.95. The Morgan fingerprint density at radius 3 is 2.71 bits per heavy atom. The van der Waals surface area contributed by atoms with Crippen LogP contribution in [0.4, 0.5) is 0 Å². The highest BCUT2D eigenvalue weighted by Gasteiger charge is 2.26. The van der Waals surface area contributed by atoms with Crippen molar-refractivity contribution >= 4 is 45.0 Å². The molecule has 3 aromatic heterocycles. The number of fused-ring (bicyclic) bond motifs is 5. The molecule has 0 aliphatic heterocycles. The van der Waals surface area contributed by atoms with Crippen molar-refractivity contribution in [3.05, 3.63) is 50.6 Å². The second-order valence-electron chi connectivity index (χ2n) is 9.32. The zero-order chi connectivity index (χ0) is 23.2. The molecule has 0 bridgehead atoms. The first-order valence-corrected chi connectivity index (χ1v) is 13.8. The van der Waals surface area contributed by atoms with E-state index in [0.717, 1.165) is 53.6 Å². The summed E-state index contributed by atoms with van der Waals surface area (Å²) >= 11 is 3.06. The van der Waals surface area contributed by atoms with E-state index >= 15 is 0 Å². The Morgan fingerprint density at radius 1 is 1.12 bits per heavy atom. The lowest BCUT2D eigenvalue weighted by Crippen LogP contribution is -2.37. The van der Waals surface area contributed by atoms with Crippen LogP contribution in [0.25, 0.3) is 21.7 Å². The minimum Gasteiger partial charge on any atom is -0.353 e. The van der Waals surface area contributed by atoms with E-state index < -0.39 is 0 Å². The van der Waals surface area contributed by atoms with E-state index in [4.69, 9.17) is 0 Å². The van der Waals surface area contributed by atoms with Crippen LogP contribution in [-0.2, 0) is 17.6 Å². The molecule has 4 aromatic rings. The summed E-state index contributed by atoms with van der Waals surface area (Å²) in [5.74, 6) is 0.815. The summed E-state index contributed by atoms with van der Waals surface area (Å²) in [6.07, 6.45) is 8.78. The molecule has 0 radical (unpaired) electrons. The van der Waals surface area contributed by atoms with E-state index in [1.54, 1.807) is 15.9 Å². The standard InChI is InChI=1S/C25H27N5O2S2/c1-15-10-12-17(13-11-15)29-22(32)21-18-8-5-9-19(18)34-23(21)30-24(29)27-28-25(30)33-14-20(31)26-16-6-3-2-4-7-16/h10-13,16H,2-9,14H2,1H3,(H,26,31). The molecule has 0 spiro atoms. The minimum absolute atomic E-state index is 0.0328. The van der Waals surface area contributed by atoms with Crippen molar-refractivity contribution < 1.29 is 4.79 Å². The summed E-state index contributed by atoms with van der Waals surface area (Å²) in [5.41, 5.74) is 3.05. The molecule has 1 aromatic carbocycles. The van der Waals surface area contributed by atoms with E-state index in [1.807, 2.05) is 35.6 Å². The Labute approximate surface area is 205 Å². The third kappa shape index (κ3) is 3.75. The molecule has 1 saturated carbocycles. The summed E-state index contributed by atoms with van der Waals surface area (Å²) in [4.78, 5) is 28.6. The quantitative estimate of drug-likeness (QED) is 0.416. The number of hydrogen-bond donors (Lipinski definition) is 1. The maximum absolute atomic E-state index is 13.8. The molecule has 6 rings (SSSR count). The molecule has 0 saturated heterocycles. The highest BCUT2D eigenvalue weighted by Crippen LogP contribution is 2.37. The number of nitrogens with one attached hydrogen (secondary N) is 1. The van der Waals surface area contributed by atoms with Crippen LogP contribution in [0, 0.1) is 6.92 Å². The summed E-state index contributed by atoms with van der Waals surface area (Å²) in [5, 5.41) is 13.5. The largest absolute Gasteiger partial charge is 0.353 e. The van der Waals surface area contributed by atoms with Crippen LogP contribution >= 0.6 is 23.1 Å². The number of benzene rings is 1. The van der Waals surface area contributed by atoms with Gasteiger partial charge in [0.1, 0.15) is 4.83 Å². The van der Waals surface area contributed by atoms with Crippen molar-refractivity contribution in [2.75, 3.05) is 5.75 Å². The number of amides is 1. The van der Waals surface area contributed by atoms with E-state index in [1.165, 1.54) is 41.5 Å². The second kappa shape index (κ2) is 8.85. The monoisotopic (exact) mass is 493 g/mol. The van der Waals surface area contributed by atoms with Gasteiger partial charge in [0.2, 0.25) is 11.7 Å². The Balaban J connectivity index is 1.42. The fourth-order valence-electron chi connectivity index (χ4n) is 5.22. The molecule has 0 unspecified atom stereocenters. The lowest BCUT2D eigenvalue weighted by Gasteiger charge is -2.22. The first kappa shape index (κ1) is 21.9. The first-order valence-electron chi connectivity index (χ1n) is 12.0. The number of rotatable bonds is 5. The number of aromatic nitrogens is 4. The van der Waals surface area contributed by atoms with Gasteiger partial charge in [-0.2, -0.15) is 0 Å². The summed E-state index contributed by atoms with van der Waals surface area (Å²) < 4.78 is 3.66. The molecular formula is C25H27N5O2S2. The van der Waals surface area contributed by atoms with Gasteiger partial charge in [0.05, 0.1) is 16.8 Å². The van der Waals surface area contributed by atoms with Crippen molar-refractivity contribution in [2.45, 2.75) is 69.5 Å². The number of thioether (sulfide) groups is 1. The SMILES string of the molecule is Cc1ccc(-n2c(=O)c3c4c(sc3n3c(SCC(=O)NC5CCCCC5)nnc23)CCC4)cc1. The van der Waals surface area contributed by atoms with Crippen molar-refractivity contribution in [3.63, 3.8) is 0 Å². The summed E-state index contributed by atoms with van der Waals surface area (Å²) in [6, 6.07) is 8.20. The zero-order valence-corrected chi connectivity index (χ0v) is 20.8. The van der Waals surface area contributed by atoms with Crippen LogP contribution in [0.1, 0.15) is 54.5 Å². The number of aryl methyl sites for hydroxylation is 3. The number of thiophene rings is 1. The van der Waals surface area contributed by atoms with Gasteiger partial charge in [0.25, 0.3) is 5.56 Å². The Hall–Kier alpha value is -2.65. The molecule has 2 aliphatic rings. The van der Waals surface area contributed by atoms with Crippen LogP contribution in [0.2, 0.25) is 0 Å². The topological polar surface area (TPSA) is 81.3 Å². The Kier molecular flexibility index (Phi) is 5.69. The number of carbonyl (C=O) groups is 1. The van der Waals surface area contributed by atoms with Gasteiger partial charge in [-0.1, -0.05) is 48.7 Å². The zero-order valence-electron chi connectivity index (χ0n) is 19.2. The molecule has 9 heteroatoms. The van der Waals surface area contributed by atoms with Crippen molar-refractivity contribution in [2.24, 2.45) is 0 Å². The maximum Gasteiger partial charge on any atom is 0.268 e. The number of nitrogens with zero attached hydrogens (tertiary/aromatic N) is 4. The molecule has 0 atom stereocenters. The summed E-state index contributed by atoms with van der Waals surface area (Å²) in [7, 11) is 0. The average molecular weight is 494 g/mol. The predicted molar refractivity (Wildman–Crippen MR) is 136 cm³/mol. The highest BCUT2D eigenvalue weighted by molar-refractivity contribution is 7.99. The van der Waals surface area contributed by atoms with Gasteiger partial charge >= 0.3 is 0 Å². The van der Waals surface area contributed by atoms with Crippen molar-refractivity contribution in [1.29, 1.82) is 0 Å². The third-order valence-electron chi connectivity index (χ3n) is 6.93. The molecule has 34 heavy (non-hydrogen) atoms. The van der Waals surface area contributed by atoms with Gasteiger partial charge < -0.3 is 5.32 Å². The van der Waals surface area contributed by atoms with E-state index in [0.29, 0.717) is 10.9 Å². The van der Waals surface area contributed by atoms with E-state index in [-0.39, 0.29) is 23.3 Å². The van der Waals surface area contributed by atoms with Crippen LogP contribution < -0.4 is 10.9 Å². The van der Waals surface area contributed by atoms with Gasteiger partial charge in [-0.25, -0.2) is 8.97 Å². The molecule has 2 aliphatic carbocycles. The molecule has 1 N–H and O–H groups in total. The smallest absolute Gasteiger partial charge is 0.268 e. The fourth-order valence-corrected chi connectivity index (χ4v) is 7.40. The van der Waals surface area contributed by atoms with E-state index in [2.05, 4.69) is 15.5 Å². The molecule has 1 fully saturated rings. The molecule has 176 valence electrons. The van der Waals surface area contributed by atoms with Crippen LogP contribution in [0.15, 0.2) is 34.2 Å². The molecule has 3 heterocycles. The maximum atomic E-state index is 13.8.